The van der Waals surface area contributed by atoms with Crippen molar-refractivity contribution in [1.82, 2.24) is 0 Å². The first-order valence-corrected chi connectivity index (χ1v) is 7.60. The molecule has 0 heterocycles. The molecule has 4 nitrogen and oxygen atoms in total. The van der Waals surface area contributed by atoms with E-state index in [9.17, 15) is 0 Å². The fourth-order valence-corrected chi connectivity index (χ4v) is 3.46. The highest BCUT2D eigenvalue weighted by atomic mass is 28.4. The van der Waals surface area contributed by atoms with Gasteiger partial charge in [0.15, 0.2) is 0 Å². The van der Waals surface area contributed by atoms with Crippen molar-refractivity contribution in [3.05, 3.63) is 30.3 Å². The third-order valence-corrected chi connectivity index (χ3v) is 5.46. The number of para-hydroxylation sites is 1. The van der Waals surface area contributed by atoms with E-state index in [0.717, 1.165) is 12.2 Å². The lowest BCUT2D eigenvalue weighted by Crippen LogP contribution is -2.53. The molecule has 5 heteroatoms. The van der Waals surface area contributed by atoms with Crippen molar-refractivity contribution in [2.45, 2.75) is 6.92 Å². The molecule has 0 saturated heterocycles. The second-order valence-electron chi connectivity index (χ2n) is 3.65. The van der Waals surface area contributed by atoms with E-state index in [-0.39, 0.29) is 0 Å². The zero-order valence-corrected chi connectivity index (χ0v) is 12.0. The predicted molar refractivity (Wildman–Crippen MR) is 71.1 cm³/mol. The van der Waals surface area contributed by atoms with E-state index in [0.29, 0.717) is 6.17 Å². The summed E-state index contributed by atoms with van der Waals surface area (Å²) >= 11 is 0. The van der Waals surface area contributed by atoms with E-state index in [1.807, 2.05) is 18.2 Å². The monoisotopic (exact) mass is 255 g/mol. The molecule has 0 aliphatic heterocycles. The minimum absolute atomic E-state index is 0.650. The normalized spacial score (nSPS) is 11.5. The van der Waals surface area contributed by atoms with Crippen LogP contribution in [-0.4, -0.2) is 42.8 Å². The van der Waals surface area contributed by atoms with Gasteiger partial charge in [-0.1, -0.05) is 18.2 Å². The van der Waals surface area contributed by atoms with Crippen molar-refractivity contribution in [2.75, 3.05) is 38.9 Å². The molecule has 1 aromatic rings. The Hall–Kier alpha value is -0.883. The summed E-state index contributed by atoms with van der Waals surface area (Å²) in [6.07, 6.45) is 0.650. The number of rotatable bonds is 7. The number of nitrogens with zero attached hydrogens (tertiary/aromatic N) is 1. The summed E-state index contributed by atoms with van der Waals surface area (Å²) in [7, 11) is 2.35. The molecule has 17 heavy (non-hydrogen) atoms. The van der Waals surface area contributed by atoms with Crippen molar-refractivity contribution >= 4 is 14.5 Å². The van der Waals surface area contributed by atoms with Crippen LogP contribution in [0, 0.1) is 0 Å². The molecule has 1 aromatic carbocycles. The molecule has 1 rings (SSSR count). The maximum atomic E-state index is 5.44. The van der Waals surface area contributed by atoms with E-state index in [1.165, 1.54) is 0 Å². The maximum Gasteiger partial charge on any atom is 0.520 e. The minimum Gasteiger partial charge on any atom is -0.376 e. The van der Waals surface area contributed by atoms with Crippen molar-refractivity contribution in [3.63, 3.8) is 0 Å². The summed E-state index contributed by atoms with van der Waals surface area (Å²) in [6.45, 7) is 2.99. The zero-order valence-electron chi connectivity index (χ0n) is 11.0. The van der Waals surface area contributed by atoms with Crippen LogP contribution in [0.2, 0.25) is 0 Å². The van der Waals surface area contributed by atoms with Gasteiger partial charge in [0.2, 0.25) is 0 Å². The Morgan fingerprint density at radius 3 is 1.94 bits per heavy atom. The zero-order chi connectivity index (χ0) is 12.7. The maximum absolute atomic E-state index is 5.44. The Morgan fingerprint density at radius 2 is 1.53 bits per heavy atom. The second kappa shape index (κ2) is 6.76. The molecule has 0 unspecified atom stereocenters. The van der Waals surface area contributed by atoms with Gasteiger partial charge in [-0.15, -0.1) is 0 Å². The van der Waals surface area contributed by atoms with Crippen LogP contribution in [-0.2, 0) is 13.3 Å². The summed E-state index contributed by atoms with van der Waals surface area (Å²) < 4.78 is 16.3. The molecule has 0 aliphatic rings. The first-order chi connectivity index (χ1) is 8.21. The molecule has 96 valence electrons. The Labute approximate surface area is 104 Å². The van der Waals surface area contributed by atoms with Crippen LogP contribution in [0.5, 0.6) is 0 Å². The van der Waals surface area contributed by atoms with Crippen LogP contribution < -0.4 is 4.90 Å². The Bertz CT molecular complexity index is 309. The van der Waals surface area contributed by atoms with Crippen molar-refractivity contribution < 1.29 is 13.3 Å². The standard InChI is InChI=1S/C12H21NO3Si/c1-5-13(12-9-7-6-8-10-12)11-17(14-2,15-3)16-4/h6-10H,5,11H2,1-4H3. The lowest BCUT2D eigenvalue weighted by atomic mass is 10.3. The average Bonchev–Trinajstić information content (AvgIpc) is 2.42. The molecule has 0 amide bonds. The van der Waals surface area contributed by atoms with Crippen LogP contribution in [0.25, 0.3) is 0 Å². The predicted octanol–water partition coefficient (Wildman–Crippen LogP) is 1.93. The van der Waals surface area contributed by atoms with Crippen LogP contribution in [0.15, 0.2) is 30.3 Å². The van der Waals surface area contributed by atoms with Crippen molar-refractivity contribution in [2.24, 2.45) is 0 Å². The summed E-state index contributed by atoms with van der Waals surface area (Å²) in [5.41, 5.74) is 1.15. The van der Waals surface area contributed by atoms with Gasteiger partial charge in [0.05, 0.1) is 6.17 Å². The average molecular weight is 255 g/mol. The highest BCUT2D eigenvalue weighted by Gasteiger charge is 2.40. The fourth-order valence-electron chi connectivity index (χ4n) is 1.70. The van der Waals surface area contributed by atoms with E-state index in [4.69, 9.17) is 13.3 Å². The number of hydrogen-bond acceptors (Lipinski definition) is 4. The first kappa shape index (κ1) is 14.2. The summed E-state index contributed by atoms with van der Waals surface area (Å²) in [5, 5.41) is 0. The highest BCUT2D eigenvalue weighted by molar-refractivity contribution is 6.61. The van der Waals surface area contributed by atoms with Gasteiger partial charge >= 0.3 is 8.80 Å². The van der Waals surface area contributed by atoms with E-state index in [2.05, 4.69) is 24.0 Å². The summed E-state index contributed by atoms with van der Waals surface area (Å²) in [6, 6.07) is 10.2. The SMILES string of the molecule is CCN(C[Si](OC)(OC)OC)c1ccccc1. The van der Waals surface area contributed by atoms with E-state index < -0.39 is 8.80 Å². The van der Waals surface area contributed by atoms with E-state index in [1.54, 1.807) is 21.3 Å². The molecule has 0 saturated carbocycles. The minimum atomic E-state index is -2.56. The smallest absolute Gasteiger partial charge is 0.376 e. The molecular weight excluding hydrogens is 234 g/mol. The molecule has 0 N–H and O–H groups in total. The van der Waals surface area contributed by atoms with Gasteiger partial charge in [-0.3, -0.25) is 0 Å². The largest absolute Gasteiger partial charge is 0.520 e. The lowest BCUT2D eigenvalue weighted by molar-refractivity contribution is 0.124. The van der Waals surface area contributed by atoms with Crippen molar-refractivity contribution in [3.8, 4) is 0 Å². The number of hydrogen-bond donors (Lipinski definition) is 0. The third kappa shape index (κ3) is 3.54. The Balaban J connectivity index is 2.82. The molecule has 0 atom stereocenters. The molecule has 0 fully saturated rings. The highest BCUT2D eigenvalue weighted by Crippen LogP contribution is 2.17. The molecule has 0 bridgehead atoms. The summed E-state index contributed by atoms with van der Waals surface area (Å²) in [5.74, 6) is 0. The van der Waals surface area contributed by atoms with Crippen LogP contribution in [0.4, 0.5) is 5.69 Å². The van der Waals surface area contributed by atoms with Crippen LogP contribution >= 0.6 is 0 Å². The van der Waals surface area contributed by atoms with Gasteiger partial charge in [-0.25, -0.2) is 0 Å². The van der Waals surface area contributed by atoms with Gasteiger partial charge in [-0.05, 0) is 19.1 Å². The van der Waals surface area contributed by atoms with Crippen LogP contribution in [0.3, 0.4) is 0 Å². The topological polar surface area (TPSA) is 30.9 Å². The number of anilines is 1. The number of benzene rings is 1. The molecule has 0 radical (unpaired) electrons. The van der Waals surface area contributed by atoms with Gasteiger partial charge in [-0.2, -0.15) is 0 Å². The van der Waals surface area contributed by atoms with Gasteiger partial charge in [0.25, 0.3) is 0 Å². The molecule has 0 aliphatic carbocycles. The quantitative estimate of drug-likeness (QED) is 0.697. The van der Waals surface area contributed by atoms with Gasteiger partial charge < -0.3 is 18.2 Å². The Kier molecular flexibility index (Phi) is 5.63. The first-order valence-electron chi connectivity index (χ1n) is 5.66. The third-order valence-electron chi connectivity index (χ3n) is 2.82. The molecule has 0 spiro atoms. The molecular formula is C12H21NO3Si. The Morgan fingerprint density at radius 1 is 1.00 bits per heavy atom. The summed E-state index contributed by atoms with van der Waals surface area (Å²) in [4.78, 5) is 2.20. The lowest BCUT2D eigenvalue weighted by Gasteiger charge is -2.31. The van der Waals surface area contributed by atoms with Crippen LogP contribution in [0.1, 0.15) is 6.92 Å². The molecule has 0 aromatic heterocycles. The fraction of sp³-hybridized carbons (Fsp3) is 0.500. The van der Waals surface area contributed by atoms with Gasteiger partial charge in [0.1, 0.15) is 0 Å². The van der Waals surface area contributed by atoms with Crippen molar-refractivity contribution in [1.29, 1.82) is 0 Å². The van der Waals surface area contributed by atoms with Gasteiger partial charge in [0, 0.05) is 33.6 Å². The van der Waals surface area contributed by atoms with E-state index >= 15 is 0 Å². The second-order valence-corrected chi connectivity index (χ2v) is 6.55.